The molecule has 0 spiro atoms. The maximum absolute atomic E-state index is 12.4. The molecule has 0 saturated carbocycles. The fourth-order valence-corrected chi connectivity index (χ4v) is 4.83. The van der Waals surface area contributed by atoms with E-state index in [-0.39, 0.29) is 41.3 Å². The van der Waals surface area contributed by atoms with Crippen molar-refractivity contribution < 1.29 is 31.8 Å². The summed E-state index contributed by atoms with van der Waals surface area (Å²) in [4.78, 5) is 42.7. The van der Waals surface area contributed by atoms with Crippen molar-refractivity contribution in [3.63, 3.8) is 0 Å². The van der Waals surface area contributed by atoms with E-state index in [0.717, 1.165) is 16.0 Å². The van der Waals surface area contributed by atoms with Crippen molar-refractivity contribution >= 4 is 51.0 Å². The fraction of sp³-hybridized carbons (Fsp3) is 0.357. The van der Waals surface area contributed by atoms with Crippen LogP contribution in [0, 0.1) is 0 Å². The van der Waals surface area contributed by atoms with Gasteiger partial charge in [0.15, 0.2) is 11.5 Å². The highest BCUT2D eigenvalue weighted by Crippen LogP contribution is 2.40. The van der Waals surface area contributed by atoms with Gasteiger partial charge in [0.2, 0.25) is 5.91 Å². The molecule has 26 heavy (non-hydrogen) atoms. The third-order valence-electron chi connectivity index (χ3n) is 3.44. The van der Waals surface area contributed by atoms with Crippen LogP contribution < -0.4 is 5.48 Å². The number of nitrogens with one attached hydrogen (secondary N) is 1. The van der Waals surface area contributed by atoms with E-state index in [0.29, 0.717) is 0 Å². The van der Waals surface area contributed by atoms with Crippen molar-refractivity contribution in [2.75, 3.05) is 12.0 Å². The maximum atomic E-state index is 12.4. The first kappa shape index (κ1) is 18.7. The molecule has 3 rings (SSSR count). The lowest BCUT2D eigenvalue weighted by Gasteiger charge is -2.43. The van der Waals surface area contributed by atoms with Crippen LogP contribution in [0.1, 0.15) is 11.3 Å². The predicted octanol–water partition coefficient (Wildman–Crippen LogP) is 0.358. The molecule has 2 amide bonds. The van der Waals surface area contributed by atoms with E-state index in [1.165, 1.54) is 23.1 Å². The number of carbonyl (C=O) groups is 3. The Morgan fingerprint density at radius 2 is 2.19 bits per heavy atom. The molecule has 0 unspecified atom stereocenters. The van der Waals surface area contributed by atoms with Gasteiger partial charge in [-0.15, -0.1) is 23.1 Å². The van der Waals surface area contributed by atoms with Crippen LogP contribution in [0.2, 0.25) is 0 Å². The molecule has 1 atom stereocenters. The van der Waals surface area contributed by atoms with E-state index >= 15 is 0 Å². The van der Waals surface area contributed by atoms with Crippen LogP contribution in [0.3, 0.4) is 0 Å². The number of fused-ring (bicyclic) bond motifs is 1. The number of hydroxylamine groups is 1. The minimum absolute atomic E-state index is 0.0256. The summed E-state index contributed by atoms with van der Waals surface area (Å²) in [5.41, 5.74) is 1.71. The first-order valence-corrected chi connectivity index (χ1v) is 11.1. The molecule has 0 radical (unpaired) electrons. The average molecular weight is 418 g/mol. The monoisotopic (exact) mass is 418 g/mol. The molecule has 2 aliphatic rings. The van der Waals surface area contributed by atoms with Crippen LogP contribution in [0.4, 0.5) is 0 Å². The van der Waals surface area contributed by atoms with E-state index in [2.05, 4.69) is 0 Å². The van der Waals surface area contributed by atoms with E-state index in [1.807, 2.05) is 10.9 Å². The first-order chi connectivity index (χ1) is 12.2. The third kappa shape index (κ3) is 4.19. The van der Waals surface area contributed by atoms with Crippen molar-refractivity contribution in [2.45, 2.75) is 18.2 Å². The number of thioether (sulfide) groups is 1. The zero-order valence-corrected chi connectivity index (χ0v) is 15.9. The smallest absolute Gasteiger partial charge is 0.382 e. The van der Waals surface area contributed by atoms with Crippen LogP contribution in [0.5, 0.6) is 0 Å². The first-order valence-electron chi connectivity index (χ1n) is 7.33. The standard InChI is InChI=1S/C14H14N2O7S3/c1-26(20,21)23-9-7-25-12-6-11(18)16(12)13(9)14(19)22-15-10(17)5-8-3-2-4-24-8/h2-4,12H,5-7H2,1H3,(H,15,17)/t12-/m0/s1. The van der Waals surface area contributed by atoms with Crippen LogP contribution in [0.15, 0.2) is 29.0 Å². The van der Waals surface area contributed by atoms with Crippen molar-refractivity contribution in [1.29, 1.82) is 0 Å². The van der Waals surface area contributed by atoms with Gasteiger partial charge in [0, 0.05) is 4.88 Å². The molecular formula is C14H14N2O7S3. The highest BCUT2D eigenvalue weighted by atomic mass is 32.2. The summed E-state index contributed by atoms with van der Waals surface area (Å²) in [6.07, 6.45) is 1.09. The topological polar surface area (TPSA) is 119 Å². The fourth-order valence-electron chi connectivity index (χ4n) is 2.38. The van der Waals surface area contributed by atoms with Gasteiger partial charge >= 0.3 is 16.1 Å². The Bertz CT molecular complexity index is 876. The highest BCUT2D eigenvalue weighted by molar-refractivity contribution is 8.00. The molecule has 12 heteroatoms. The Labute approximate surface area is 157 Å². The number of hydrogen-bond acceptors (Lipinski definition) is 9. The lowest BCUT2D eigenvalue weighted by Crippen LogP contribution is -2.54. The summed E-state index contributed by atoms with van der Waals surface area (Å²) < 4.78 is 27.6. The summed E-state index contributed by atoms with van der Waals surface area (Å²) in [6.45, 7) is 0. The Kier molecular flexibility index (Phi) is 5.25. The average Bonchev–Trinajstić information content (AvgIpc) is 3.04. The van der Waals surface area contributed by atoms with Crippen molar-refractivity contribution in [2.24, 2.45) is 0 Å². The number of amides is 2. The molecule has 1 N–H and O–H groups in total. The number of thiophene rings is 1. The molecule has 0 aromatic carbocycles. The van der Waals surface area contributed by atoms with Gasteiger partial charge in [0.1, 0.15) is 0 Å². The molecule has 1 saturated heterocycles. The number of nitrogens with zero attached hydrogens (tertiary/aromatic N) is 1. The van der Waals surface area contributed by atoms with Gasteiger partial charge < -0.3 is 9.02 Å². The van der Waals surface area contributed by atoms with Crippen molar-refractivity contribution in [3.8, 4) is 0 Å². The summed E-state index contributed by atoms with van der Waals surface area (Å²) in [6, 6.07) is 3.54. The second kappa shape index (κ2) is 7.29. The van der Waals surface area contributed by atoms with E-state index in [4.69, 9.17) is 9.02 Å². The van der Waals surface area contributed by atoms with E-state index < -0.39 is 22.0 Å². The molecule has 2 aliphatic heterocycles. The predicted molar refractivity (Wildman–Crippen MR) is 92.9 cm³/mol. The van der Waals surface area contributed by atoms with Crippen LogP contribution >= 0.6 is 23.1 Å². The zero-order valence-electron chi connectivity index (χ0n) is 13.5. The molecule has 140 valence electrons. The number of rotatable bonds is 5. The summed E-state index contributed by atoms with van der Waals surface area (Å²) in [5, 5.41) is 1.53. The molecule has 9 nitrogen and oxygen atoms in total. The second-order valence-corrected chi connectivity index (χ2v) is 9.24. The number of β-lactam (4-membered cyclic amide) rings is 1. The molecule has 0 bridgehead atoms. The maximum Gasteiger partial charge on any atom is 0.382 e. The summed E-state index contributed by atoms with van der Waals surface area (Å²) in [5.74, 6) is -2.06. The Morgan fingerprint density at radius 1 is 1.42 bits per heavy atom. The number of hydrogen-bond donors (Lipinski definition) is 1. The van der Waals surface area contributed by atoms with Gasteiger partial charge in [-0.05, 0) is 11.4 Å². The quantitative estimate of drug-likeness (QED) is 0.414. The molecular weight excluding hydrogens is 404 g/mol. The van der Waals surface area contributed by atoms with Gasteiger partial charge in [-0.1, -0.05) is 6.07 Å². The lowest BCUT2D eigenvalue weighted by molar-refractivity contribution is -0.159. The third-order valence-corrected chi connectivity index (χ3v) is 6.01. The second-order valence-electron chi connectivity index (χ2n) is 5.46. The Balaban J connectivity index is 1.72. The van der Waals surface area contributed by atoms with Crippen molar-refractivity contribution in [3.05, 3.63) is 33.8 Å². The minimum Gasteiger partial charge on any atom is -0.384 e. The van der Waals surface area contributed by atoms with E-state index in [1.54, 1.807) is 12.1 Å². The number of carbonyl (C=O) groups excluding carboxylic acids is 3. The van der Waals surface area contributed by atoms with Crippen LogP contribution in [-0.2, 0) is 39.9 Å². The Hall–Kier alpha value is -2.05. The van der Waals surface area contributed by atoms with Gasteiger partial charge in [-0.2, -0.15) is 13.9 Å². The van der Waals surface area contributed by atoms with Gasteiger partial charge in [-0.3, -0.25) is 14.5 Å². The van der Waals surface area contributed by atoms with E-state index in [9.17, 15) is 22.8 Å². The van der Waals surface area contributed by atoms with Crippen LogP contribution in [0.25, 0.3) is 0 Å². The summed E-state index contributed by atoms with van der Waals surface area (Å²) in [7, 11) is -3.89. The van der Waals surface area contributed by atoms with Crippen LogP contribution in [-0.4, -0.2) is 48.5 Å². The Morgan fingerprint density at radius 3 is 2.81 bits per heavy atom. The SMILES string of the molecule is CS(=O)(=O)OC1=C(C(=O)ONC(=O)Cc2cccs2)N2C(=O)C[C@@H]2SC1. The van der Waals surface area contributed by atoms with Gasteiger partial charge in [-0.25, -0.2) is 4.79 Å². The molecule has 1 aromatic heterocycles. The zero-order chi connectivity index (χ0) is 18.9. The summed E-state index contributed by atoms with van der Waals surface area (Å²) >= 11 is 2.66. The minimum atomic E-state index is -3.89. The molecule has 0 aliphatic carbocycles. The normalized spacial score (nSPS) is 19.5. The molecule has 1 fully saturated rings. The molecule has 3 heterocycles. The highest BCUT2D eigenvalue weighted by Gasteiger charge is 2.47. The van der Waals surface area contributed by atoms with Gasteiger partial charge in [0.05, 0.1) is 30.2 Å². The van der Waals surface area contributed by atoms with Crippen molar-refractivity contribution in [1.82, 2.24) is 10.4 Å². The lowest BCUT2D eigenvalue weighted by atomic mass is 10.1. The van der Waals surface area contributed by atoms with Gasteiger partial charge in [0.25, 0.3) is 5.91 Å². The molecule has 1 aromatic rings. The largest absolute Gasteiger partial charge is 0.384 e.